The molecule has 0 aliphatic carbocycles. The van der Waals surface area contributed by atoms with Gasteiger partial charge < -0.3 is 4.90 Å². The third kappa shape index (κ3) is 1.53. The second kappa shape index (κ2) is 4.45. The van der Waals surface area contributed by atoms with Crippen molar-refractivity contribution < 1.29 is 4.79 Å². The Morgan fingerprint density at radius 1 is 1.35 bits per heavy atom. The van der Waals surface area contributed by atoms with Gasteiger partial charge in [0.15, 0.2) is 0 Å². The minimum absolute atomic E-state index is 0.196. The van der Waals surface area contributed by atoms with E-state index in [0.29, 0.717) is 18.0 Å². The summed E-state index contributed by atoms with van der Waals surface area (Å²) in [4.78, 5) is 17.4. The molecule has 2 fully saturated rings. The predicted molar refractivity (Wildman–Crippen MR) is 79.7 cm³/mol. The molecule has 0 bridgehead atoms. The van der Waals surface area contributed by atoms with E-state index in [4.69, 9.17) is 0 Å². The number of carbonyl (C=O) groups excluding carboxylic acids is 1. The average molecular weight is 268 g/mol. The topological polar surface area (TPSA) is 23.6 Å². The monoisotopic (exact) mass is 268 g/mol. The average Bonchev–Trinajstić information content (AvgIpc) is 2.97. The molecule has 3 heteroatoms. The molecule has 0 radical (unpaired) electrons. The molecule has 0 aromatic heterocycles. The van der Waals surface area contributed by atoms with E-state index in [2.05, 4.69) is 34.6 Å². The summed E-state index contributed by atoms with van der Waals surface area (Å²) in [5, 5.41) is 0. The highest BCUT2D eigenvalue weighted by atomic mass is 16.2. The molecule has 104 valence electrons. The Bertz CT molecular complexity index is 568. The molecule has 20 heavy (non-hydrogen) atoms. The van der Waals surface area contributed by atoms with Gasteiger partial charge in [0.1, 0.15) is 0 Å². The first-order valence-electron chi connectivity index (χ1n) is 7.57. The first kappa shape index (κ1) is 12.2. The Kier molecular flexibility index (Phi) is 2.71. The lowest BCUT2D eigenvalue weighted by Gasteiger charge is -2.37. The SMILES string of the molecule is C=CCN1CCC[C@@H]2C(=O)N3c4ccccc4C[C@@H]3C21. The summed E-state index contributed by atoms with van der Waals surface area (Å²) < 4.78 is 0. The molecular weight excluding hydrogens is 248 g/mol. The number of benzene rings is 1. The van der Waals surface area contributed by atoms with E-state index in [-0.39, 0.29) is 5.92 Å². The summed E-state index contributed by atoms with van der Waals surface area (Å²) in [5.41, 5.74) is 2.48. The zero-order valence-corrected chi connectivity index (χ0v) is 11.7. The van der Waals surface area contributed by atoms with Gasteiger partial charge in [0.25, 0.3) is 0 Å². The second-order valence-corrected chi connectivity index (χ2v) is 6.13. The van der Waals surface area contributed by atoms with Gasteiger partial charge in [0.05, 0.1) is 12.0 Å². The van der Waals surface area contributed by atoms with Crippen LogP contribution >= 0.6 is 0 Å². The molecule has 0 saturated carbocycles. The quantitative estimate of drug-likeness (QED) is 0.768. The standard InChI is InChI=1S/C17H20N2O/c1-2-9-18-10-5-7-13-16(18)15-11-12-6-3-4-8-14(12)19(15)17(13)20/h2-4,6,8,13,15-16H,1,5,7,9-11H2/t13-,15+,16?/m0/s1. The molecule has 3 aliphatic rings. The molecule has 1 aromatic rings. The Balaban J connectivity index is 1.74. The number of hydrogen-bond donors (Lipinski definition) is 0. The summed E-state index contributed by atoms with van der Waals surface area (Å²) >= 11 is 0. The van der Waals surface area contributed by atoms with Crippen molar-refractivity contribution in [3.63, 3.8) is 0 Å². The molecule has 1 unspecified atom stereocenters. The molecule has 2 saturated heterocycles. The van der Waals surface area contributed by atoms with Gasteiger partial charge >= 0.3 is 0 Å². The van der Waals surface area contributed by atoms with Crippen molar-refractivity contribution in [2.75, 3.05) is 18.0 Å². The van der Waals surface area contributed by atoms with Crippen LogP contribution in [0.3, 0.4) is 0 Å². The highest BCUT2D eigenvalue weighted by molar-refractivity contribution is 6.01. The van der Waals surface area contributed by atoms with Crippen LogP contribution in [0.5, 0.6) is 0 Å². The van der Waals surface area contributed by atoms with Gasteiger partial charge in [0, 0.05) is 18.3 Å². The number of amides is 1. The lowest BCUT2D eigenvalue weighted by Crippen LogP contribution is -2.49. The third-order valence-corrected chi connectivity index (χ3v) is 5.12. The van der Waals surface area contributed by atoms with Crippen molar-refractivity contribution in [1.29, 1.82) is 0 Å². The number of carbonyl (C=O) groups is 1. The van der Waals surface area contributed by atoms with Crippen LogP contribution in [0.15, 0.2) is 36.9 Å². The zero-order chi connectivity index (χ0) is 13.7. The van der Waals surface area contributed by atoms with E-state index in [9.17, 15) is 4.79 Å². The van der Waals surface area contributed by atoms with Crippen LogP contribution in [-0.2, 0) is 11.2 Å². The molecular formula is C17H20N2O. The van der Waals surface area contributed by atoms with E-state index in [1.807, 2.05) is 12.1 Å². The first-order chi connectivity index (χ1) is 9.81. The van der Waals surface area contributed by atoms with Crippen molar-refractivity contribution >= 4 is 11.6 Å². The van der Waals surface area contributed by atoms with Crippen LogP contribution in [0.4, 0.5) is 5.69 Å². The second-order valence-electron chi connectivity index (χ2n) is 6.13. The van der Waals surface area contributed by atoms with E-state index in [1.165, 1.54) is 5.56 Å². The molecule has 0 N–H and O–H groups in total. The van der Waals surface area contributed by atoms with Gasteiger partial charge in [-0.25, -0.2) is 0 Å². The normalized spacial score (nSPS) is 31.9. The molecule has 3 aliphatic heterocycles. The van der Waals surface area contributed by atoms with Crippen LogP contribution in [0.25, 0.3) is 0 Å². The fourth-order valence-electron chi connectivity index (χ4n) is 4.40. The maximum absolute atomic E-state index is 12.8. The maximum Gasteiger partial charge on any atom is 0.232 e. The fourth-order valence-corrected chi connectivity index (χ4v) is 4.40. The van der Waals surface area contributed by atoms with Crippen LogP contribution in [0.1, 0.15) is 18.4 Å². The Morgan fingerprint density at radius 2 is 2.20 bits per heavy atom. The summed E-state index contributed by atoms with van der Waals surface area (Å²) in [7, 11) is 0. The summed E-state index contributed by atoms with van der Waals surface area (Å²) in [6, 6.07) is 9.09. The highest BCUT2D eigenvalue weighted by Gasteiger charge is 2.54. The number of likely N-dealkylation sites (tertiary alicyclic amines) is 1. The van der Waals surface area contributed by atoms with Crippen molar-refractivity contribution in [3.05, 3.63) is 42.5 Å². The van der Waals surface area contributed by atoms with Crippen molar-refractivity contribution in [3.8, 4) is 0 Å². The molecule has 3 nitrogen and oxygen atoms in total. The summed E-state index contributed by atoms with van der Waals surface area (Å²) in [6.07, 6.45) is 5.16. The smallest absolute Gasteiger partial charge is 0.232 e. The number of rotatable bonds is 2. The minimum atomic E-state index is 0.196. The molecule has 3 atom stereocenters. The largest absolute Gasteiger partial charge is 0.307 e. The molecule has 0 spiro atoms. The van der Waals surface area contributed by atoms with Crippen LogP contribution in [0, 0.1) is 5.92 Å². The van der Waals surface area contributed by atoms with Gasteiger partial charge in [-0.1, -0.05) is 24.3 Å². The van der Waals surface area contributed by atoms with Crippen molar-refractivity contribution in [2.45, 2.75) is 31.3 Å². The minimum Gasteiger partial charge on any atom is -0.307 e. The van der Waals surface area contributed by atoms with Gasteiger partial charge in [-0.3, -0.25) is 9.69 Å². The lowest BCUT2D eigenvalue weighted by molar-refractivity contribution is -0.122. The van der Waals surface area contributed by atoms with E-state index < -0.39 is 0 Å². The predicted octanol–water partition coefficient (Wildman–Crippen LogP) is 2.22. The van der Waals surface area contributed by atoms with Gasteiger partial charge in [-0.05, 0) is 37.4 Å². The van der Waals surface area contributed by atoms with E-state index in [0.717, 1.165) is 38.0 Å². The number of piperidine rings is 1. The lowest BCUT2D eigenvalue weighted by atomic mass is 9.86. The van der Waals surface area contributed by atoms with Crippen LogP contribution in [0.2, 0.25) is 0 Å². The Hall–Kier alpha value is -1.61. The molecule has 1 aromatic carbocycles. The molecule has 3 heterocycles. The number of hydrogen-bond acceptors (Lipinski definition) is 2. The fraction of sp³-hybridized carbons (Fsp3) is 0.471. The van der Waals surface area contributed by atoms with E-state index >= 15 is 0 Å². The Labute approximate surface area is 119 Å². The Morgan fingerprint density at radius 3 is 3.05 bits per heavy atom. The highest BCUT2D eigenvalue weighted by Crippen LogP contribution is 2.45. The number of anilines is 1. The summed E-state index contributed by atoms with van der Waals surface area (Å²) in [6.45, 7) is 5.87. The maximum atomic E-state index is 12.8. The molecule has 4 rings (SSSR count). The molecule has 1 amide bonds. The third-order valence-electron chi connectivity index (χ3n) is 5.12. The van der Waals surface area contributed by atoms with Crippen molar-refractivity contribution in [2.24, 2.45) is 5.92 Å². The van der Waals surface area contributed by atoms with E-state index in [1.54, 1.807) is 0 Å². The number of nitrogens with zero attached hydrogens (tertiary/aromatic N) is 2. The summed E-state index contributed by atoms with van der Waals surface area (Å²) in [5.74, 6) is 0.542. The van der Waals surface area contributed by atoms with Gasteiger partial charge in [0.2, 0.25) is 5.91 Å². The first-order valence-corrected chi connectivity index (χ1v) is 7.57. The van der Waals surface area contributed by atoms with Crippen LogP contribution < -0.4 is 4.90 Å². The van der Waals surface area contributed by atoms with Crippen LogP contribution in [-0.4, -0.2) is 36.0 Å². The number of para-hydroxylation sites is 1. The van der Waals surface area contributed by atoms with Gasteiger partial charge in [-0.15, -0.1) is 6.58 Å². The zero-order valence-electron chi connectivity index (χ0n) is 11.7. The van der Waals surface area contributed by atoms with Crippen molar-refractivity contribution in [1.82, 2.24) is 4.90 Å². The van der Waals surface area contributed by atoms with Gasteiger partial charge in [-0.2, -0.15) is 0 Å². The number of fused-ring (bicyclic) bond motifs is 5.